The van der Waals surface area contributed by atoms with Gasteiger partial charge in [0.25, 0.3) is 0 Å². The van der Waals surface area contributed by atoms with E-state index in [1.165, 1.54) is 0 Å². The Hall–Kier alpha value is -0.940. The lowest BCUT2D eigenvalue weighted by molar-refractivity contribution is 0.882. The first-order chi connectivity index (χ1) is 5.81. The molecule has 0 spiro atoms. The Morgan fingerprint density at radius 3 is 3.08 bits per heavy atom. The van der Waals surface area contributed by atoms with E-state index in [0.717, 1.165) is 15.9 Å². The second-order valence-electron chi connectivity index (χ2n) is 2.39. The van der Waals surface area contributed by atoms with Crippen LogP contribution in [0.4, 0.5) is 0 Å². The van der Waals surface area contributed by atoms with Crippen LogP contribution in [0.5, 0.6) is 0 Å². The largest absolute Gasteiger partial charge is 0.324 e. The zero-order chi connectivity index (χ0) is 8.55. The van der Waals surface area contributed by atoms with Crippen molar-refractivity contribution in [2.45, 2.75) is 6.54 Å². The van der Waals surface area contributed by atoms with Crippen LogP contribution < -0.4 is 5.73 Å². The van der Waals surface area contributed by atoms with Gasteiger partial charge in [0.2, 0.25) is 0 Å². The maximum Gasteiger partial charge on any atom is 0.161 e. The lowest BCUT2D eigenvalue weighted by Gasteiger charge is -1.95. The van der Waals surface area contributed by atoms with Gasteiger partial charge < -0.3 is 5.73 Å². The van der Waals surface area contributed by atoms with Crippen LogP contribution in [0.15, 0.2) is 22.8 Å². The maximum atomic E-state index is 5.46. The van der Waals surface area contributed by atoms with E-state index in [4.69, 9.17) is 5.73 Å². The van der Waals surface area contributed by atoms with Crippen LogP contribution in [0.25, 0.3) is 5.65 Å². The predicted octanol–water partition coefficient (Wildman–Crippen LogP) is 0.950. The molecule has 2 N–H and O–H groups in total. The Balaban J connectivity index is 2.73. The molecule has 0 saturated carbocycles. The average molecular weight is 227 g/mol. The van der Waals surface area contributed by atoms with Crippen molar-refractivity contribution in [3.63, 3.8) is 0 Å². The maximum absolute atomic E-state index is 5.46. The Bertz CT molecular complexity index is 409. The summed E-state index contributed by atoms with van der Waals surface area (Å²) in [6.45, 7) is 0.406. The number of halogens is 1. The zero-order valence-corrected chi connectivity index (χ0v) is 7.82. The molecule has 12 heavy (non-hydrogen) atoms. The summed E-state index contributed by atoms with van der Waals surface area (Å²) in [4.78, 5) is 0. The van der Waals surface area contributed by atoms with Gasteiger partial charge in [0, 0.05) is 10.7 Å². The van der Waals surface area contributed by atoms with Crippen molar-refractivity contribution in [1.82, 2.24) is 14.6 Å². The highest BCUT2D eigenvalue weighted by Gasteiger charge is 2.01. The molecule has 0 aliphatic carbocycles. The van der Waals surface area contributed by atoms with Gasteiger partial charge in [-0.25, -0.2) is 0 Å². The van der Waals surface area contributed by atoms with Gasteiger partial charge in [-0.3, -0.25) is 4.40 Å². The number of rotatable bonds is 1. The number of hydrogen-bond donors (Lipinski definition) is 1. The molecule has 2 rings (SSSR count). The summed E-state index contributed by atoms with van der Waals surface area (Å²) >= 11 is 3.35. The van der Waals surface area contributed by atoms with E-state index < -0.39 is 0 Å². The SMILES string of the molecule is NCc1nnc2cc(Br)ccn12. The van der Waals surface area contributed by atoms with Crippen molar-refractivity contribution in [3.05, 3.63) is 28.6 Å². The fraction of sp³-hybridized carbons (Fsp3) is 0.143. The van der Waals surface area contributed by atoms with Crippen molar-refractivity contribution in [3.8, 4) is 0 Å². The van der Waals surface area contributed by atoms with Crippen LogP contribution in [0.3, 0.4) is 0 Å². The van der Waals surface area contributed by atoms with Crippen LogP contribution in [-0.4, -0.2) is 14.6 Å². The topological polar surface area (TPSA) is 56.2 Å². The molecule has 0 bridgehead atoms. The molecule has 4 nitrogen and oxygen atoms in total. The first-order valence-corrected chi connectivity index (χ1v) is 4.30. The van der Waals surface area contributed by atoms with Crippen LogP contribution in [0.1, 0.15) is 5.82 Å². The van der Waals surface area contributed by atoms with Crippen molar-refractivity contribution in [2.75, 3.05) is 0 Å². The summed E-state index contributed by atoms with van der Waals surface area (Å²) in [6, 6.07) is 3.82. The third kappa shape index (κ3) is 1.11. The van der Waals surface area contributed by atoms with Gasteiger partial charge in [-0.05, 0) is 12.1 Å². The van der Waals surface area contributed by atoms with Gasteiger partial charge in [-0.1, -0.05) is 15.9 Å². The third-order valence-electron chi connectivity index (χ3n) is 1.63. The van der Waals surface area contributed by atoms with Gasteiger partial charge in [0.1, 0.15) is 0 Å². The van der Waals surface area contributed by atoms with E-state index in [-0.39, 0.29) is 0 Å². The quantitative estimate of drug-likeness (QED) is 0.788. The van der Waals surface area contributed by atoms with E-state index in [2.05, 4.69) is 26.1 Å². The minimum atomic E-state index is 0.406. The molecule has 0 aromatic carbocycles. The fourth-order valence-corrected chi connectivity index (χ4v) is 1.38. The Morgan fingerprint density at radius 1 is 1.50 bits per heavy atom. The molecule has 0 fully saturated rings. The number of hydrogen-bond acceptors (Lipinski definition) is 3. The minimum Gasteiger partial charge on any atom is -0.324 e. The molecule has 0 aliphatic heterocycles. The Kier molecular flexibility index (Phi) is 1.82. The van der Waals surface area contributed by atoms with Gasteiger partial charge >= 0.3 is 0 Å². The Labute approximate surface area is 77.5 Å². The summed E-state index contributed by atoms with van der Waals surface area (Å²) in [5.41, 5.74) is 6.27. The minimum absolute atomic E-state index is 0.406. The second-order valence-corrected chi connectivity index (χ2v) is 3.31. The van der Waals surface area contributed by atoms with Gasteiger partial charge in [0.15, 0.2) is 11.5 Å². The number of aromatic nitrogens is 3. The molecule has 2 heterocycles. The lowest BCUT2D eigenvalue weighted by Crippen LogP contribution is -2.01. The van der Waals surface area contributed by atoms with Gasteiger partial charge in [0.05, 0.1) is 6.54 Å². The Morgan fingerprint density at radius 2 is 2.33 bits per heavy atom. The molecule has 2 aromatic rings. The summed E-state index contributed by atoms with van der Waals surface area (Å²) in [7, 11) is 0. The molecule has 0 aliphatic rings. The van der Waals surface area contributed by atoms with Crippen molar-refractivity contribution in [2.24, 2.45) is 5.73 Å². The molecule has 0 saturated heterocycles. The first kappa shape index (κ1) is 7.70. The standard InChI is InChI=1S/C7H7BrN4/c8-5-1-2-12-6(3-5)10-11-7(12)4-9/h1-3H,4,9H2. The number of fused-ring (bicyclic) bond motifs is 1. The highest BCUT2D eigenvalue weighted by atomic mass is 79.9. The van der Waals surface area contributed by atoms with E-state index in [9.17, 15) is 0 Å². The van der Waals surface area contributed by atoms with Crippen LogP contribution in [0.2, 0.25) is 0 Å². The second kappa shape index (κ2) is 2.84. The third-order valence-corrected chi connectivity index (χ3v) is 2.12. The molecular formula is C7H7BrN4. The van der Waals surface area contributed by atoms with Crippen molar-refractivity contribution < 1.29 is 0 Å². The fourth-order valence-electron chi connectivity index (χ4n) is 1.05. The molecule has 0 atom stereocenters. The summed E-state index contributed by atoms with van der Waals surface area (Å²) in [5.74, 6) is 0.775. The van der Waals surface area contributed by atoms with Crippen LogP contribution in [0, 0.1) is 0 Å². The summed E-state index contributed by atoms with van der Waals surface area (Å²) < 4.78 is 2.86. The zero-order valence-electron chi connectivity index (χ0n) is 6.24. The summed E-state index contributed by atoms with van der Waals surface area (Å²) in [6.07, 6.45) is 1.89. The van der Waals surface area contributed by atoms with E-state index >= 15 is 0 Å². The van der Waals surface area contributed by atoms with Crippen molar-refractivity contribution >= 4 is 21.6 Å². The molecule has 0 unspecified atom stereocenters. The monoisotopic (exact) mass is 226 g/mol. The van der Waals surface area contributed by atoms with Gasteiger partial charge in [-0.15, -0.1) is 10.2 Å². The highest BCUT2D eigenvalue weighted by molar-refractivity contribution is 9.10. The normalized spacial score (nSPS) is 10.8. The molecule has 62 valence electrons. The highest BCUT2D eigenvalue weighted by Crippen LogP contribution is 2.12. The van der Waals surface area contributed by atoms with E-state index in [1.54, 1.807) is 0 Å². The molecule has 0 amide bonds. The van der Waals surface area contributed by atoms with Crippen LogP contribution in [-0.2, 0) is 6.54 Å². The molecule has 5 heteroatoms. The van der Waals surface area contributed by atoms with Crippen LogP contribution >= 0.6 is 15.9 Å². The number of nitrogens with two attached hydrogens (primary N) is 1. The lowest BCUT2D eigenvalue weighted by atomic mass is 10.4. The first-order valence-electron chi connectivity index (χ1n) is 3.50. The molecule has 0 radical (unpaired) electrons. The number of pyridine rings is 1. The van der Waals surface area contributed by atoms with Crippen molar-refractivity contribution in [1.29, 1.82) is 0 Å². The molecule has 2 aromatic heterocycles. The molecular weight excluding hydrogens is 220 g/mol. The predicted molar refractivity (Wildman–Crippen MR) is 48.6 cm³/mol. The summed E-state index contributed by atoms with van der Waals surface area (Å²) in [5, 5.41) is 7.88. The average Bonchev–Trinajstić information content (AvgIpc) is 2.46. The van der Waals surface area contributed by atoms with E-state index in [0.29, 0.717) is 6.54 Å². The number of nitrogens with zero attached hydrogens (tertiary/aromatic N) is 3. The van der Waals surface area contributed by atoms with Gasteiger partial charge in [-0.2, -0.15) is 0 Å². The van der Waals surface area contributed by atoms with E-state index in [1.807, 2.05) is 22.7 Å². The smallest absolute Gasteiger partial charge is 0.161 e.